The fourth-order valence-electron chi connectivity index (χ4n) is 3.51. The maximum atomic E-state index is 13.3. The number of amides is 1. The third-order valence-electron chi connectivity index (χ3n) is 5.04. The minimum absolute atomic E-state index is 0.0355. The van der Waals surface area contributed by atoms with Gasteiger partial charge in [-0.2, -0.15) is 0 Å². The van der Waals surface area contributed by atoms with E-state index in [1.807, 2.05) is 35.2 Å². The van der Waals surface area contributed by atoms with Crippen LogP contribution in [0.1, 0.15) is 11.6 Å². The van der Waals surface area contributed by atoms with Crippen molar-refractivity contribution in [1.29, 1.82) is 0 Å². The largest absolute Gasteiger partial charge is 0.493 e. The SMILES string of the molecule is COc1cc(NC(=O)C(c2ccccc2)N2CCS(=O)(=O)CC2)cc(OC)c1OC. The number of rotatable bonds is 7. The van der Waals surface area contributed by atoms with Gasteiger partial charge in [0, 0.05) is 30.9 Å². The number of hydrogen-bond acceptors (Lipinski definition) is 7. The van der Waals surface area contributed by atoms with Crippen LogP contribution >= 0.6 is 0 Å². The van der Waals surface area contributed by atoms with E-state index in [4.69, 9.17) is 14.2 Å². The maximum absolute atomic E-state index is 13.3. The van der Waals surface area contributed by atoms with Crippen LogP contribution < -0.4 is 19.5 Å². The number of sulfone groups is 1. The van der Waals surface area contributed by atoms with Crippen molar-refractivity contribution in [3.05, 3.63) is 48.0 Å². The number of anilines is 1. The van der Waals surface area contributed by atoms with Crippen molar-refractivity contribution < 1.29 is 27.4 Å². The number of carbonyl (C=O) groups is 1. The molecule has 1 heterocycles. The van der Waals surface area contributed by atoms with E-state index in [-0.39, 0.29) is 17.4 Å². The van der Waals surface area contributed by atoms with Gasteiger partial charge in [-0.3, -0.25) is 9.69 Å². The number of carbonyl (C=O) groups excluding carboxylic acids is 1. The van der Waals surface area contributed by atoms with Crippen molar-refractivity contribution in [1.82, 2.24) is 4.90 Å². The first kappa shape index (κ1) is 21.9. The van der Waals surface area contributed by atoms with Crippen molar-refractivity contribution in [3.8, 4) is 17.2 Å². The summed E-state index contributed by atoms with van der Waals surface area (Å²) < 4.78 is 39.7. The van der Waals surface area contributed by atoms with Gasteiger partial charge in [0.25, 0.3) is 0 Å². The number of ether oxygens (including phenoxy) is 3. The Balaban J connectivity index is 1.91. The fourth-order valence-corrected chi connectivity index (χ4v) is 4.74. The Morgan fingerprint density at radius 2 is 1.53 bits per heavy atom. The molecule has 0 aromatic heterocycles. The Hall–Kier alpha value is -2.78. The van der Waals surface area contributed by atoms with Gasteiger partial charge in [0.15, 0.2) is 21.3 Å². The molecule has 0 aliphatic carbocycles. The average Bonchev–Trinajstić information content (AvgIpc) is 2.75. The lowest BCUT2D eigenvalue weighted by molar-refractivity contribution is -0.121. The lowest BCUT2D eigenvalue weighted by Gasteiger charge is -2.33. The Bertz CT molecular complexity index is 955. The van der Waals surface area contributed by atoms with Crippen molar-refractivity contribution in [2.45, 2.75) is 6.04 Å². The van der Waals surface area contributed by atoms with Gasteiger partial charge in [0.05, 0.1) is 32.8 Å². The van der Waals surface area contributed by atoms with E-state index in [0.29, 0.717) is 36.0 Å². The van der Waals surface area contributed by atoms with Gasteiger partial charge < -0.3 is 19.5 Å². The van der Waals surface area contributed by atoms with Crippen molar-refractivity contribution >= 4 is 21.4 Å². The predicted molar refractivity (Wildman–Crippen MR) is 114 cm³/mol. The van der Waals surface area contributed by atoms with Crippen LogP contribution in [0.5, 0.6) is 17.2 Å². The summed E-state index contributed by atoms with van der Waals surface area (Å²) in [7, 11) is 1.45. The lowest BCUT2D eigenvalue weighted by atomic mass is 10.0. The molecular formula is C21H26N2O6S. The quantitative estimate of drug-likeness (QED) is 0.713. The number of nitrogens with one attached hydrogen (secondary N) is 1. The van der Waals surface area contributed by atoms with Crippen molar-refractivity contribution in [3.63, 3.8) is 0 Å². The molecule has 1 N–H and O–H groups in total. The molecule has 1 aliphatic rings. The monoisotopic (exact) mass is 434 g/mol. The van der Waals surface area contributed by atoms with Gasteiger partial charge in [-0.05, 0) is 5.56 Å². The van der Waals surface area contributed by atoms with Crippen molar-refractivity contribution in [2.24, 2.45) is 0 Å². The molecule has 8 nitrogen and oxygen atoms in total. The lowest BCUT2D eigenvalue weighted by Crippen LogP contribution is -2.46. The molecule has 1 amide bonds. The topological polar surface area (TPSA) is 94.2 Å². The zero-order valence-corrected chi connectivity index (χ0v) is 18.1. The van der Waals surface area contributed by atoms with Crippen LogP contribution in [0.15, 0.2) is 42.5 Å². The first-order valence-corrected chi connectivity index (χ1v) is 11.3. The molecule has 2 aromatic rings. The molecule has 3 rings (SSSR count). The van der Waals surface area contributed by atoms with Gasteiger partial charge in [-0.1, -0.05) is 30.3 Å². The van der Waals surface area contributed by atoms with Crippen LogP contribution in [-0.2, 0) is 14.6 Å². The highest BCUT2D eigenvalue weighted by Crippen LogP contribution is 2.40. The van der Waals surface area contributed by atoms with Crippen LogP contribution in [0.3, 0.4) is 0 Å². The van der Waals surface area contributed by atoms with Gasteiger partial charge in [-0.25, -0.2) is 8.42 Å². The summed E-state index contributed by atoms with van der Waals surface area (Å²) in [6.45, 7) is 0.592. The Labute approximate surface area is 176 Å². The van der Waals surface area contributed by atoms with E-state index in [2.05, 4.69) is 5.32 Å². The van der Waals surface area contributed by atoms with Crippen LogP contribution in [0.25, 0.3) is 0 Å². The molecule has 1 fully saturated rings. The molecular weight excluding hydrogens is 408 g/mol. The average molecular weight is 435 g/mol. The molecule has 0 bridgehead atoms. The number of hydrogen-bond donors (Lipinski definition) is 1. The van der Waals surface area contributed by atoms with E-state index >= 15 is 0 Å². The van der Waals surface area contributed by atoms with Crippen LogP contribution in [-0.4, -0.2) is 65.1 Å². The van der Waals surface area contributed by atoms with E-state index in [1.165, 1.54) is 21.3 Å². The standard InChI is InChI=1S/C21H26N2O6S/c1-27-17-13-16(14-18(28-2)20(17)29-3)22-21(24)19(15-7-5-4-6-8-15)23-9-11-30(25,26)12-10-23/h4-8,13-14,19H,9-12H2,1-3H3,(H,22,24). The molecule has 0 saturated carbocycles. The molecule has 0 radical (unpaired) electrons. The molecule has 1 saturated heterocycles. The summed E-state index contributed by atoms with van der Waals surface area (Å²) in [6.07, 6.45) is 0. The second-order valence-corrected chi connectivity index (χ2v) is 9.21. The maximum Gasteiger partial charge on any atom is 0.246 e. The highest BCUT2D eigenvalue weighted by Gasteiger charge is 2.32. The molecule has 30 heavy (non-hydrogen) atoms. The number of nitrogens with zero attached hydrogens (tertiary/aromatic N) is 1. The molecule has 0 spiro atoms. The molecule has 2 aromatic carbocycles. The van der Waals surface area contributed by atoms with Crippen LogP contribution in [0.4, 0.5) is 5.69 Å². The third kappa shape index (κ3) is 4.85. The summed E-state index contributed by atoms with van der Waals surface area (Å²) in [5, 5.41) is 2.91. The highest BCUT2D eigenvalue weighted by molar-refractivity contribution is 7.91. The van der Waals surface area contributed by atoms with E-state index < -0.39 is 15.9 Å². The zero-order valence-electron chi connectivity index (χ0n) is 17.3. The predicted octanol–water partition coefficient (Wildman–Crippen LogP) is 2.12. The second kappa shape index (κ2) is 9.36. The first-order chi connectivity index (χ1) is 14.4. The summed E-state index contributed by atoms with van der Waals surface area (Å²) >= 11 is 0. The molecule has 1 unspecified atom stereocenters. The Kier molecular flexibility index (Phi) is 6.84. The van der Waals surface area contributed by atoms with Crippen LogP contribution in [0.2, 0.25) is 0 Å². The Morgan fingerprint density at radius 3 is 2.03 bits per heavy atom. The minimum Gasteiger partial charge on any atom is -0.493 e. The number of methoxy groups -OCH3 is 3. The first-order valence-electron chi connectivity index (χ1n) is 9.49. The van der Waals surface area contributed by atoms with Gasteiger partial charge in [-0.15, -0.1) is 0 Å². The zero-order chi connectivity index (χ0) is 21.7. The smallest absolute Gasteiger partial charge is 0.246 e. The Morgan fingerprint density at radius 1 is 0.967 bits per heavy atom. The third-order valence-corrected chi connectivity index (χ3v) is 6.65. The fraction of sp³-hybridized carbons (Fsp3) is 0.381. The minimum atomic E-state index is -3.06. The molecule has 162 valence electrons. The summed E-state index contributed by atoms with van der Waals surface area (Å²) in [5.41, 5.74) is 1.28. The molecule has 1 atom stereocenters. The van der Waals surface area contributed by atoms with Crippen LogP contribution in [0, 0.1) is 0 Å². The van der Waals surface area contributed by atoms with Gasteiger partial charge in [0.2, 0.25) is 11.7 Å². The summed E-state index contributed by atoms with van der Waals surface area (Å²) in [4.78, 5) is 15.2. The summed E-state index contributed by atoms with van der Waals surface area (Å²) in [5.74, 6) is 1.08. The highest BCUT2D eigenvalue weighted by atomic mass is 32.2. The van der Waals surface area contributed by atoms with E-state index in [0.717, 1.165) is 5.56 Å². The van der Waals surface area contributed by atoms with Gasteiger partial charge >= 0.3 is 0 Å². The van der Waals surface area contributed by atoms with Crippen molar-refractivity contribution in [2.75, 3.05) is 51.2 Å². The van der Waals surface area contributed by atoms with Gasteiger partial charge in [0.1, 0.15) is 6.04 Å². The van der Waals surface area contributed by atoms with E-state index in [9.17, 15) is 13.2 Å². The summed E-state index contributed by atoms with van der Waals surface area (Å²) in [6, 6.07) is 12.0. The van der Waals surface area contributed by atoms with E-state index in [1.54, 1.807) is 12.1 Å². The number of benzene rings is 2. The molecule has 1 aliphatic heterocycles. The normalized spacial score (nSPS) is 17.0. The second-order valence-electron chi connectivity index (χ2n) is 6.90. The molecule has 9 heteroatoms.